The summed E-state index contributed by atoms with van der Waals surface area (Å²) in [5, 5.41) is 3.05. The van der Waals surface area contributed by atoms with E-state index in [0.717, 1.165) is 37.1 Å². The summed E-state index contributed by atoms with van der Waals surface area (Å²) in [5.74, 6) is 3.51. The van der Waals surface area contributed by atoms with Gasteiger partial charge in [0, 0.05) is 13.0 Å². The maximum absolute atomic E-state index is 11.6. The van der Waals surface area contributed by atoms with E-state index in [1.165, 1.54) is 37.7 Å². The fourth-order valence-electron chi connectivity index (χ4n) is 5.07. The number of fused-ring (bicyclic) bond motifs is 5. The topological polar surface area (TPSA) is 29.1 Å². The van der Waals surface area contributed by atoms with E-state index in [0.29, 0.717) is 5.92 Å². The average molecular weight is 257 g/mol. The summed E-state index contributed by atoms with van der Waals surface area (Å²) < 4.78 is 0. The lowest BCUT2D eigenvalue weighted by Crippen LogP contribution is -2.32. The molecule has 3 fully saturated rings. The summed E-state index contributed by atoms with van der Waals surface area (Å²) in [6, 6.07) is 0. The summed E-state index contributed by atoms with van der Waals surface area (Å²) in [7, 11) is 0. The van der Waals surface area contributed by atoms with Gasteiger partial charge in [-0.25, -0.2) is 0 Å². The molecule has 4 atom stereocenters. The van der Waals surface area contributed by atoms with Crippen LogP contribution in [0.5, 0.6) is 0 Å². The fraction of sp³-hybridized carbons (Fsp3) is 0.706. The molecular formula is C17H23NO. The lowest BCUT2D eigenvalue weighted by Gasteiger charge is -2.41. The standard InChI is InChI=1S/C17H23NO/c19-17-9-8-14-12(10-18-17)5-7-15-13-3-1-2-11(13)4-6-16(14)15/h5,7,11,13-14,16H,1-4,6,8-10H2,(H,18,19). The van der Waals surface area contributed by atoms with Gasteiger partial charge in [-0.15, -0.1) is 0 Å². The highest BCUT2D eigenvalue weighted by Crippen LogP contribution is 2.52. The molecule has 1 amide bonds. The van der Waals surface area contributed by atoms with Gasteiger partial charge in [-0.3, -0.25) is 4.79 Å². The minimum Gasteiger partial charge on any atom is -0.352 e. The number of carbonyl (C=O) groups excluding carboxylic acids is 1. The van der Waals surface area contributed by atoms with Crippen LogP contribution in [0.25, 0.3) is 0 Å². The zero-order chi connectivity index (χ0) is 12.8. The van der Waals surface area contributed by atoms with Crippen molar-refractivity contribution >= 4 is 5.91 Å². The van der Waals surface area contributed by atoms with Gasteiger partial charge in [0.15, 0.2) is 0 Å². The smallest absolute Gasteiger partial charge is 0.220 e. The Labute approximate surface area is 115 Å². The molecule has 0 spiro atoms. The molecule has 0 aromatic rings. The van der Waals surface area contributed by atoms with Gasteiger partial charge in [-0.1, -0.05) is 24.1 Å². The zero-order valence-corrected chi connectivity index (χ0v) is 11.5. The lowest BCUT2D eigenvalue weighted by atomic mass is 9.63. The highest BCUT2D eigenvalue weighted by atomic mass is 16.1. The van der Waals surface area contributed by atoms with Crippen molar-refractivity contribution in [1.29, 1.82) is 0 Å². The number of carbonyl (C=O) groups is 1. The molecule has 4 unspecified atom stereocenters. The van der Waals surface area contributed by atoms with Crippen LogP contribution in [0.4, 0.5) is 0 Å². The SMILES string of the molecule is O=C1CCC2C(=CC=C3C4CCCC4CCC32)CN1. The van der Waals surface area contributed by atoms with Gasteiger partial charge in [0.2, 0.25) is 5.91 Å². The van der Waals surface area contributed by atoms with Gasteiger partial charge in [0.05, 0.1) is 0 Å². The molecule has 4 aliphatic rings. The van der Waals surface area contributed by atoms with Gasteiger partial charge >= 0.3 is 0 Å². The van der Waals surface area contributed by atoms with Crippen molar-refractivity contribution in [2.75, 3.05) is 6.54 Å². The van der Waals surface area contributed by atoms with Crippen LogP contribution in [0, 0.1) is 23.7 Å². The first-order valence-electron chi connectivity index (χ1n) is 8.00. The molecule has 1 aliphatic heterocycles. The molecule has 2 heteroatoms. The van der Waals surface area contributed by atoms with Crippen LogP contribution >= 0.6 is 0 Å². The molecule has 1 saturated heterocycles. The Morgan fingerprint density at radius 1 is 0.947 bits per heavy atom. The van der Waals surface area contributed by atoms with E-state index in [-0.39, 0.29) is 5.91 Å². The summed E-state index contributed by atoms with van der Waals surface area (Å²) in [6.45, 7) is 0.790. The van der Waals surface area contributed by atoms with Crippen LogP contribution < -0.4 is 5.32 Å². The van der Waals surface area contributed by atoms with E-state index in [2.05, 4.69) is 17.5 Å². The Morgan fingerprint density at radius 2 is 1.89 bits per heavy atom. The van der Waals surface area contributed by atoms with Crippen molar-refractivity contribution < 1.29 is 4.79 Å². The largest absolute Gasteiger partial charge is 0.352 e. The van der Waals surface area contributed by atoms with Crippen LogP contribution in [-0.4, -0.2) is 12.5 Å². The van der Waals surface area contributed by atoms with E-state index < -0.39 is 0 Å². The van der Waals surface area contributed by atoms with Gasteiger partial charge in [-0.05, 0) is 61.3 Å². The van der Waals surface area contributed by atoms with Gasteiger partial charge in [0.25, 0.3) is 0 Å². The second-order valence-electron chi connectivity index (χ2n) is 6.81. The van der Waals surface area contributed by atoms with Crippen LogP contribution in [0.15, 0.2) is 23.3 Å². The van der Waals surface area contributed by atoms with Gasteiger partial charge in [-0.2, -0.15) is 0 Å². The van der Waals surface area contributed by atoms with Crippen molar-refractivity contribution in [2.45, 2.75) is 44.9 Å². The average Bonchev–Trinajstić information content (AvgIpc) is 2.83. The van der Waals surface area contributed by atoms with E-state index >= 15 is 0 Å². The molecular weight excluding hydrogens is 234 g/mol. The number of hydrogen-bond acceptors (Lipinski definition) is 1. The Balaban J connectivity index is 1.65. The minimum absolute atomic E-state index is 0.242. The Morgan fingerprint density at radius 3 is 2.84 bits per heavy atom. The van der Waals surface area contributed by atoms with Crippen molar-refractivity contribution in [3.05, 3.63) is 23.3 Å². The van der Waals surface area contributed by atoms with E-state index in [4.69, 9.17) is 0 Å². The summed E-state index contributed by atoms with van der Waals surface area (Å²) in [5.41, 5.74) is 3.23. The molecule has 1 heterocycles. The van der Waals surface area contributed by atoms with Crippen molar-refractivity contribution in [1.82, 2.24) is 5.32 Å². The lowest BCUT2D eigenvalue weighted by molar-refractivity contribution is -0.120. The highest BCUT2D eigenvalue weighted by molar-refractivity contribution is 5.76. The number of nitrogens with one attached hydrogen (secondary N) is 1. The van der Waals surface area contributed by atoms with Crippen molar-refractivity contribution in [3.63, 3.8) is 0 Å². The molecule has 2 nitrogen and oxygen atoms in total. The molecule has 0 aromatic heterocycles. The Hall–Kier alpha value is -1.05. The highest BCUT2D eigenvalue weighted by Gasteiger charge is 2.42. The number of rotatable bonds is 0. The second-order valence-corrected chi connectivity index (χ2v) is 6.81. The molecule has 4 rings (SSSR count). The predicted octanol–water partition coefficient (Wildman–Crippen LogP) is 3.21. The third kappa shape index (κ3) is 1.87. The first kappa shape index (κ1) is 11.7. The molecule has 3 aliphatic carbocycles. The summed E-state index contributed by atoms with van der Waals surface area (Å²) in [4.78, 5) is 11.6. The molecule has 19 heavy (non-hydrogen) atoms. The summed E-state index contributed by atoms with van der Waals surface area (Å²) >= 11 is 0. The van der Waals surface area contributed by atoms with Gasteiger partial charge < -0.3 is 5.32 Å². The first-order chi connectivity index (χ1) is 9.33. The first-order valence-corrected chi connectivity index (χ1v) is 8.00. The van der Waals surface area contributed by atoms with Crippen LogP contribution in [-0.2, 0) is 4.79 Å². The fourth-order valence-corrected chi connectivity index (χ4v) is 5.07. The van der Waals surface area contributed by atoms with Crippen molar-refractivity contribution in [2.24, 2.45) is 23.7 Å². The summed E-state index contributed by atoms with van der Waals surface area (Å²) in [6.07, 6.45) is 13.6. The molecule has 102 valence electrons. The van der Waals surface area contributed by atoms with E-state index in [1.54, 1.807) is 5.57 Å². The Kier molecular flexibility index (Phi) is 2.78. The van der Waals surface area contributed by atoms with E-state index in [1.807, 2.05) is 0 Å². The maximum Gasteiger partial charge on any atom is 0.220 e. The molecule has 1 N–H and O–H groups in total. The second kappa shape index (κ2) is 4.50. The number of amides is 1. The zero-order valence-electron chi connectivity index (χ0n) is 11.5. The minimum atomic E-state index is 0.242. The normalized spacial score (nSPS) is 41.2. The number of allylic oxidation sites excluding steroid dienone is 3. The number of hydrogen-bond donors (Lipinski definition) is 1. The Bertz CT molecular complexity index is 462. The molecule has 0 bridgehead atoms. The van der Waals surface area contributed by atoms with E-state index in [9.17, 15) is 4.79 Å². The van der Waals surface area contributed by atoms with Crippen LogP contribution in [0.1, 0.15) is 44.9 Å². The maximum atomic E-state index is 11.6. The quantitative estimate of drug-likeness (QED) is 0.709. The van der Waals surface area contributed by atoms with Crippen molar-refractivity contribution in [3.8, 4) is 0 Å². The molecule has 0 radical (unpaired) electrons. The molecule has 2 saturated carbocycles. The monoisotopic (exact) mass is 257 g/mol. The van der Waals surface area contributed by atoms with Gasteiger partial charge in [0.1, 0.15) is 0 Å². The third-order valence-electron chi connectivity index (χ3n) is 5.99. The third-order valence-corrected chi connectivity index (χ3v) is 5.99. The molecule has 0 aromatic carbocycles. The predicted molar refractivity (Wildman–Crippen MR) is 75.5 cm³/mol. The van der Waals surface area contributed by atoms with Crippen LogP contribution in [0.3, 0.4) is 0 Å². The van der Waals surface area contributed by atoms with Crippen LogP contribution in [0.2, 0.25) is 0 Å².